The Morgan fingerprint density at radius 1 is 1.31 bits per heavy atom. The SMILES string of the molecule is Cc1ccc(C(C)C)cc1OC(C)C(N)=O. The Kier molecular flexibility index (Phi) is 3.93. The summed E-state index contributed by atoms with van der Waals surface area (Å²) in [5.41, 5.74) is 7.37. The van der Waals surface area contributed by atoms with Crippen molar-refractivity contribution in [2.45, 2.75) is 39.7 Å². The van der Waals surface area contributed by atoms with E-state index in [1.807, 2.05) is 19.1 Å². The molecule has 0 saturated heterocycles. The van der Waals surface area contributed by atoms with Crippen LogP contribution in [0.3, 0.4) is 0 Å². The molecule has 0 fully saturated rings. The van der Waals surface area contributed by atoms with E-state index in [4.69, 9.17) is 10.5 Å². The van der Waals surface area contributed by atoms with Crippen LogP contribution in [0.1, 0.15) is 37.8 Å². The van der Waals surface area contributed by atoms with Gasteiger partial charge in [-0.25, -0.2) is 0 Å². The van der Waals surface area contributed by atoms with Crippen LogP contribution in [0.2, 0.25) is 0 Å². The predicted octanol–water partition coefficient (Wildman–Crippen LogP) is 2.37. The van der Waals surface area contributed by atoms with Crippen LogP contribution < -0.4 is 10.5 Å². The van der Waals surface area contributed by atoms with Gasteiger partial charge >= 0.3 is 0 Å². The van der Waals surface area contributed by atoms with E-state index in [-0.39, 0.29) is 0 Å². The highest BCUT2D eigenvalue weighted by Crippen LogP contribution is 2.24. The van der Waals surface area contributed by atoms with E-state index in [0.717, 1.165) is 11.3 Å². The van der Waals surface area contributed by atoms with Gasteiger partial charge in [0, 0.05) is 0 Å². The third-order valence-corrected chi connectivity index (χ3v) is 2.58. The molecular formula is C13H19NO2. The summed E-state index contributed by atoms with van der Waals surface area (Å²) in [6, 6.07) is 6.04. The number of ether oxygens (including phenoxy) is 1. The van der Waals surface area contributed by atoms with Crippen molar-refractivity contribution in [2.75, 3.05) is 0 Å². The molecule has 1 atom stereocenters. The van der Waals surface area contributed by atoms with Gasteiger partial charge in [0.15, 0.2) is 6.10 Å². The molecule has 0 spiro atoms. The molecule has 2 N–H and O–H groups in total. The minimum Gasteiger partial charge on any atom is -0.481 e. The Hall–Kier alpha value is -1.51. The topological polar surface area (TPSA) is 52.3 Å². The molecule has 88 valence electrons. The summed E-state index contributed by atoms with van der Waals surface area (Å²) in [5.74, 6) is 0.721. The van der Waals surface area contributed by atoms with Gasteiger partial charge in [0.25, 0.3) is 5.91 Å². The molecule has 0 bridgehead atoms. The van der Waals surface area contributed by atoms with Gasteiger partial charge in [-0.1, -0.05) is 26.0 Å². The molecular weight excluding hydrogens is 202 g/mol. The zero-order valence-electron chi connectivity index (χ0n) is 10.3. The molecule has 0 aliphatic rings. The number of carbonyl (C=O) groups is 1. The first-order valence-electron chi connectivity index (χ1n) is 5.48. The average Bonchev–Trinajstić information content (AvgIpc) is 2.20. The lowest BCUT2D eigenvalue weighted by atomic mass is 10.0. The number of benzene rings is 1. The molecule has 1 unspecified atom stereocenters. The molecule has 0 aromatic heterocycles. The van der Waals surface area contributed by atoms with Crippen LogP contribution in [-0.4, -0.2) is 12.0 Å². The minimum absolute atomic E-state index is 0.437. The van der Waals surface area contributed by atoms with Crippen molar-refractivity contribution in [1.29, 1.82) is 0 Å². The van der Waals surface area contributed by atoms with Crippen LogP contribution in [0.25, 0.3) is 0 Å². The fourth-order valence-corrected chi connectivity index (χ4v) is 1.35. The van der Waals surface area contributed by atoms with E-state index >= 15 is 0 Å². The Bertz CT molecular complexity index is 386. The summed E-state index contributed by atoms with van der Waals surface area (Å²) in [5, 5.41) is 0. The van der Waals surface area contributed by atoms with Gasteiger partial charge in [0.2, 0.25) is 0 Å². The molecule has 1 aromatic carbocycles. The van der Waals surface area contributed by atoms with Crippen molar-refractivity contribution in [3.05, 3.63) is 29.3 Å². The van der Waals surface area contributed by atoms with Crippen LogP contribution in [0.4, 0.5) is 0 Å². The van der Waals surface area contributed by atoms with Crippen molar-refractivity contribution in [2.24, 2.45) is 5.73 Å². The standard InChI is InChI=1S/C13H19NO2/c1-8(2)11-6-5-9(3)12(7-11)16-10(4)13(14)15/h5-8,10H,1-4H3,(H2,14,15). The number of amides is 1. The summed E-state index contributed by atoms with van der Waals surface area (Å²) in [7, 11) is 0. The molecule has 0 aliphatic carbocycles. The van der Waals surface area contributed by atoms with Crippen LogP contribution in [-0.2, 0) is 4.79 Å². The first-order chi connectivity index (χ1) is 7.41. The van der Waals surface area contributed by atoms with Gasteiger partial charge in [0.05, 0.1) is 0 Å². The summed E-state index contributed by atoms with van der Waals surface area (Å²) >= 11 is 0. The molecule has 0 radical (unpaired) electrons. The van der Waals surface area contributed by atoms with Crippen LogP contribution in [0.15, 0.2) is 18.2 Å². The first kappa shape index (κ1) is 12.6. The Morgan fingerprint density at radius 2 is 1.94 bits per heavy atom. The van der Waals surface area contributed by atoms with Crippen molar-refractivity contribution in [3.8, 4) is 5.75 Å². The monoisotopic (exact) mass is 221 g/mol. The molecule has 0 saturated carbocycles. The van der Waals surface area contributed by atoms with Crippen molar-refractivity contribution < 1.29 is 9.53 Å². The molecule has 0 aliphatic heterocycles. The molecule has 1 rings (SSSR count). The summed E-state index contributed by atoms with van der Waals surface area (Å²) < 4.78 is 5.52. The molecule has 1 aromatic rings. The third kappa shape index (κ3) is 2.99. The molecule has 3 heteroatoms. The second-order valence-corrected chi connectivity index (χ2v) is 4.34. The maximum absolute atomic E-state index is 10.9. The molecule has 0 heterocycles. The van der Waals surface area contributed by atoms with E-state index in [0.29, 0.717) is 5.92 Å². The number of hydrogen-bond donors (Lipinski definition) is 1. The smallest absolute Gasteiger partial charge is 0.258 e. The fraction of sp³-hybridized carbons (Fsp3) is 0.462. The van der Waals surface area contributed by atoms with Crippen LogP contribution in [0.5, 0.6) is 5.75 Å². The minimum atomic E-state index is -0.596. The van der Waals surface area contributed by atoms with Gasteiger partial charge in [-0.2, -0.15) is 0 Å². The molecule has 16 heavy (non-hydrogen) atoms. The second kappa shape index (κ2) is 5.01. The van der Waals surface area contributed by atoms with E-state index in [9.17, 15) is 4.79 Å². The predicted molar refractivity (Wildman–Crippen MR) is 64.6 cm³/mol. The third-order valence-electron chi connectivity index (χ3n) is 2.58. The zero-order valence-corrected chi connectivity index (χ0v) is 10.3. The molecule has 3 nitrogen and oxygen atoms in total. The summed E-state index contributed by atoms with van der Waals surface area (Å²) in [6.07, 6.45) is -0.596. The normalized spacial score (nSPS) is 12.6. The number of carbonyl (C=O) groups excluding carboxylic acids is 1. The second-order valence-electron chi connectivity index (χ2n) is 4.34. The lowest BCUT2D eigenvalue weighted by Crippen LogP contribution is -2.30. The number of nitrogens with two attached hydrogens (primary N) is 1. The van der Waals surface area contributed by atoms with Gasteiger partial charge in [-0.3, -0.25) is 4.79 Å². The number of primary amides is 1. The lowest BCUT2D eigenvalue weighted by Gasteiger charge is -2.15. The maximum atomic E-state index is 10.9. The zero-order chi connectivity index (χ0) is 12.3. The highest BCUT2D eigenvalue weighted by atomic mass is 16.5. The van der Waals surface area contributed by atoms with E-state index < -0.39 is 12.0 Å². The van der Waals surface area contributed by atoms with Gasteiger partial charge in [0.1, 0.15) is 5.75 Å². The molecule has 1 amide bonds. The maximum Gasteiger partial charge on any atom is 0.258 e. The quantitative estimate of drug-likeness (QED) is 0.848. The van der Waals surface area contributed by atoms with E-state index in [2.05, 4.69) is 19.9 Å². The summed E-state index contributed by atoms with van der Waals surface area (Å²) in [6.45, 7) is 7.84. The van der Waals surface area contributed by atoms with Gasteiger partial charge in [-0.15, -0.1) is 0 Å². The van der Waals surface area contributed by atoms with Gasteiger partial charge in [-0.05, 0) is 37.0 Å². The highest BCUT2D eigenvalue weighted by Gasteiger charge is 2.12. The number of aryl methyl sites for hydroxylation is 1. The Morgan fingerprint density at radius 3 is 2.44 bits per heavy atom. The Labute approximate surface area is 96.6 Å². The number of hydrogen-bond acceptors (Lipinski definition) is 2. The largest absolute Gasteiger partial charge is 0.481 e. The highest BCUT2D eigenvalue weighted by molar-refractivity contribution is 5.78. The van der Waals surface area contributed by atoms with Crippen LogP contribution in [0, 0.1) is 6.92 Å². The van der Waals surface area contributed by atoms with Crippen LogP contribution >= 0.6 is 0 Å². The fourth-order valence-electron chi connectivity index (χ4n) is 1.35. The number of rotatable bonds is 4. The van der Waals surface area contributed by atoms with Crippen molar-refractivity contribution in [1.82, 2.24) is 0 Å². The lowest BCUT2D eigenvalue weighted by molar-refractivity contribution is -0.123. The van der Waals surface area contributed by atoms with Crippen molar-refractivity contribution >= 4 is 5.91 Å². The van der Waals surface area contributed by atoms with E-state index in [1.54, 1.807) is 6.92 Å². The average molecular weight is 221 g/mol. The Balaban J connectivity index is 2.94. The first-order valence-corrected chi connectivity index (χ1v) is 5.48. The van der Waals surface area contributed by atoms with Crippen molar-refractivity contribution in [3.63, 3.8) is 0 Å². The summed E-state index contributed by atoms with van der Waals surface area (Å²) in [4.78, 5) is 10.9. The van der Waals surface area contributed by atoms with Gasteiger partial charge < -0.3 is 10.5 Å². The van der Waals surface area contributed by atoms with E-state index in [1.165, 1.54) is 5.56 Å².